The highest BCUT2D eigenvalue weighted by molar-refractivity contribution is 7.89. The quantitative estimate of drug-likeness (QED) is 0.523. The molecule has 34 heavy (non-hydrogen) atoms. The molecule has 1 aromatic heterocycles. The number of rotatable bonds is 8. The maximum atomic E-state index is 13.1. The second-order valence-corrected chi connectivity index (χ2v) is 9.79. The van der Waals surface area contributed by atoms with Crippen molar-refractivity contribution in [1.82, 2.24) is 14.1 Å². The van der Waals surface area contributed by atoms with Gasteiger partial charge in [0.05, 0.1) is 30.0 Å². The number of carbonyl (C=O) groups excluding carboxylic acids is 1. The third kappa shape index (κ3) is 5.07. The van der Waals surface area contributed by atoms with Crippen LogP contribution >= 0.6 is 0 Å². The van der Waals surface area contributed by atoms with Gasteiger partial charge in [-0.15, -0.1) is 0 Å². The van der Waals surface area contributed by atoms with Crippen LogP contribution < -0.4 is 14.8 Å². The Kier molecular flexibility index (Phi) is 7.18. The van der Waals surface area contributed by atoms with E-state index in [1.165, 1.54) is 16.4 Å². The van der Waals surface area contributed by atoms with E-state index in [0.29, 0.717) is 25.4 Å². The van der Waals surface area contributed by atoms with Gasteiger partial charge in [0.15, 0.2) is 5.69 Å². The summed E-state index contributed by atoms with van der Waals surface area (Å²) < 4.78 is 40.1. The monoisotopic (exact) mass is 484 g/mol. The maximum absolute atomic E-state index is 13.1. The van der Waals surface area contributed by atoms with E-state index in [9.17, 15) is 13.2 Å². The first-order chi connectivity index (χ1) is 16.4. The molecule has 1 N–H and O–H groups in total. The van der Waals surface area contributed by atoms with Crippen molar-refractivity contribution >= 4 is 21.6 Å². The number of methoxy groups -OCH3 is 1. The molecule has 0 radical (unpaired) electrons. The Morgan fingerprint density at radius 1 is 1.06 bits per heavy atom. The van der Waals surface area contributed by atoms with Crippen molar-refractivity contribution in [3.63, 3.8) is 0 Å². The molecule has 1 aliphatic rings. The Balaban J connectivity index is 1.57. The SMILES string of the molecule is CCOc1ccc(S(=O)(=O)N2CCCCC2)cc1NC(=O)c1ccn(-c2ccc(OC)cc2)n1. The molecule has 9 nitrogen and oxygen atoms in total. The highest BCUT2D eigenvalue weighted by Gasteiger charge is 2.27. The fraction of sp³-hybridized carbons (Fsp3) is 0.333. The third-order valence-corrected chi connectivity index (χ3v) is 7.51. The maximum Gasteiger partial charge on any atom is 0.276 e. The van der Waals surface area contributed by atoms with Gasteiger partial charge < -0.3 is 14.8 Å². The normalized spacial score (nSPS) is 14.5. The Hall–Kier alpha value is -3.37. The van der Waals surface area contributed by atoms with E-state index in [-0.39, 0.29) is 16.3 Å². The Morgan fingerprint density at radius 3 is 2.47 bits per heavy atom. The van der Waals surface area contributed by atoms with Gasteiger partial charge in [-0.1, -0.05) is 6.42 Å². The van der Waals surface area contributed by atoms with Crippen molar-refractivity contribution in [3.05, 3.63) is 60.4 Å². The van der Waals surface area contributed by atoms with Gasteiger partial charge in [-0.05, 0) is 68.3 Å². The first kappa shape index (κ1) is 23.8. The Bertz CT molecular complexity index is 1250. The summed E-state index contributed by atoms with van der Waals surface area (Å²) in [4.78, 5) is 13.1. The molecule has 1 aliphatic heterocycles. The number of amides is 1. The van der Waals surface area contributed by atoms with Gasteiger partial charge in [-0.25, -0.2) is 13.1 Å². The van der Waals surface area contributed by atoms with Gasteiger partial charge in [0.25, 0.3) is 5.91 Å². The summed E-state index contributed by atoms with van der Waals surface area (Å²) in [7, 11) is -2.07. The number of carbonyl (C=O) groups is 1. The average Bonchev–Trinajstić information content (AvgIpc) is 3.36. The molecule has 0 unspecified atom stereocenters. The lowest BCUT2D eigenvalue weighted by Gasteiger charge is -2.26. The molecule has 1 saturated heterocycles. The summed E-state index contributed by atoms with van der Waals surface area (Å²) in [5, 5.41) is 7.12. The lowest BCUT2D eigenvalue weighted by atomic mass is 10.2. The van der Waals surface area contributed by atoms with Crippen LogP contribution in [0.5, 0.6) is 11.5 Å². The van der Waals surface area contributed by atoms with Crippen LogP contribution in [0.2, 0.25) is 0 Å². The number of nitrogens with zero attached hydrogens (tertiary/aromatic N) is 3. The van der Waals surface area contributed by atoms with Crippen molar-refractivity contribution in [2.45, 2.75) is 31.1 Å². The molecule has 0 saturated carbocycles. The van der Waals surface area contributed by atoms with Crippen LogP contribution in [0.25, 0.3) is 5.69 Å². The summed E-state index contributed by atoms with van der Waals surface area (Å²) in [5.74, 6) is 0.639. The molecule has 2 heterocycles. The predicted molar refractivity (Wildman–Crippen MR) is 128 cm³/mol. The van der Waals surface area contributed by atoms with E-state index in [1.54, 1.807) is 42.3 Å². The van der Waals surface area contributed by atoms with Gasteiger partial charge in [0.2, 0.25) is 10.0 Å². The smallest absolute Gasteiger partial charge is 0.276 e. The fourth-order valence-electron chi connectivity index (χ4n) is 3.81. The number of hydrogen-bond acceptors (Lipinski definition) is 6. The molecular formula is C24H28N4O5S. The molecule has 1 fully saturated rings. The van der Waals surface area contributed by atoms with E-state index >= 15 is 0 Å². The minimum Gasteiger partial charge on any atom is -0.497 e. The van der Waals surface area contributed by atoms with Gasteiger partial charge in [-0.2, -0.15) is 9.40 Å². The molecule has 3 aromatic rings. The summed E-state index contributed by atoms with van der Waals surface area (Å²) >= 11 is 0. The number of anilines is 1. The average molecular weight is 485 g/mol. The van der Waals surface area contributed by atoms with Crippen molar-refractivity contribution in [2.24, 2.45) is 0 Å². The van der Waals surface area contributed by atoms with Crippen LogP contribution in [-0.4, -0.2) is 55.2 Å². The van der Waals surface area contributed by atoms with E-state index < -0.39 is 15.9 Å². The number of aromatic nitrogens is 2. The molecule has 0 atom stereocenters. The Labute approximate surface area is 199 Å². The number of sulfonamides is 1. The molecule has 0 aliphatic carbocycles. The highest BCUT2D eigenvalue weighted by atomic mass is 32.2. The van der Waals surface area contributed by atoms with Gasteiger partial charge in [-0.3, -0.25) is 4.79 Å². The molecule has 0 spiro atoms. The van der Waals surface area contributed by atoms with Crippen molar-refractivity contribution in [1.29, 1.82) is 0 Å². The van der Waals surface area contributed by atoms with Gasteiger partial charge >= 0.3 is 0 Å². The van der Waals surface area contributed by atoms with Crippen LogP contribution in [0.4, 0.5) is 5.69 Å². The highest BCUT2D eigenvalue weighted by Crippen LogP contribution is 2.30. The number of benzene rings is 2. The van der Waals surface area contributed by atoms with Crippen molar-refractivity contribution < 1.29 is 22.7 Å². The Morgan fingerprint density at radius 2 is 1.79 bits per heavy atom. The summed E-state index contributed by atoms with van der Waals surface area (Å²) in [6.07, 6.45) is 4.39. The van der Waals surface area contributed by atoms with E-state index in [1.807, 2.05) is 19.1 Å². The van der Waals surface area contributed by atoms with Crippen LogP contribution in [-0.2, 0) is 10.0 Å². The lowest BCUT2D eigenvalue weighted by Crippen LogP contribution is -2.35. The third-order valence-electron chi connectivity index (χ3n) is 5.61. The van der Waals surface area contributed by atoms with E-state index in [0.717, 1.165) is 30.7 Å². The first-order valence-corrected chi connectivity index (χ1v) is 12.6. The molecule has 4 rings (SSSR count). The van der Waals surface area contributed by atoms with Crippen LogP contribution in [0.15, 0.2) is 59.6 Å². The minimum atomic E-state index is -3.66. The fourth-order valence-corrected chi connectivity index (χ4v) is 5.36. The lowest BCUT2D eigenvalue weighted by molar-refractivity contribution is 0.102. The number of ether oxygens (including phenoxy) is 2. The second-order valence-electron chi connectivity index (χ2n) is 7.85. The largest absolute Gasteiger partial charge is 0.497 e. The van der Waals surface area contributed by atoms with Gasteiger partial charge in [0.1, 0.15) is 11.5 Å². The van der Waals surface area contributed by atoms with Crippen LogP contribution in [0.1, 0.15) is 36.7 Å². The van der Waals surface area contributed by atoms with Gasteiger partial charge in [0, 0.05) is 19.3 Å². The zero-order valence-corrected chi connectivity index (χ0v) is 20.0. The van der Waals surface area contributed by atoms with E-state index in [4.69, 9.17) is 9.47 Å². The molecule has 180 valence electrons. The minimum absolute atomic E-state index is 0.122. The van der Waals surface area contributed by atoms with Crippen molar-refractivity contribution in [3.8, 4) is 17.2 Å². The molecule has 10 heteroatoms. The molecular weight excluding hydrogens is 456 g/mol. The zero-order valence-electron chi connectivity index (χ0n) is 19.2. The number of nitrogens with one attached hydrogen (secondary N) is 1. The summed E-state index contributed by atoms with van der Waals surface area (Å²) in [6, 6.07) is 13.4. The molecule has 0 bridgehead atoms. The molecule has 2 aromatic carbocycles. The molecule has 1 amide bonds. The topological polar surface area (TPSA) is 103 Å². The second kappa shape index (κ2) is 10.3. The summed E-state index contributed by atoms with van der Waals surface area (Å²) in [5.41, 5.74) is 1.23. The van der Waals surface area contributed by atoms with Crippen molar-refractivity contribution in [2.75, 3.05) is 32.1 Å². The summed E-state index contributed by atoms with van der Waals surface area (Å²) in [6.45, 7) is 3.19. The number of hydrogen-bond donors (Lipinski definition) is 1. The standard InChI is InChI=1S/C24H28N4O5S/c1-3-33-23-12-11-20(34(30,31)27-14-5-4-6-15-27)17-22(23)25-24(29)21-13-16-28(26-21)18-7-9-19(32-2)10-8-18/h7-13,16-17H,3-6,14-15H2,1-2H3,(H,25,29). The number of piperidine rings is 1. The first-order valence-electron chi connectivity index (χ1n) is 11.2. The predicted octanol–water partition coefficient (Wildman–Crippen LogP) is 3.71. The zero-order chi connectivity index (χ0) is 24.1. The van der Waals surface area contributed by atoms with Crippen LogP contribution in [0, 0.1) is 0 Å². The van der Waals surface area contributed by atoms with E-state index in [2.05, 4.69) is 10.4 Å². The van der Waals surface area contributed by atoms with Crippen LogP contribution in [0.3, 0.4) is 0 Å².